The molecule has 1 aliphatic rings. The Balaban J connectivity index is 0.000000180. The van der Waals surface area contributed by atoms with Crippen LogP contribution in [0.5, 0.6) is 0 Å². The van der Waals surface area contributed by atoms with E-state index in [0.717, 1.165) is 33.4 Å². The molecule has 0 heterocycles. The summed E-state index contributed by atoms with van der Waals surface area (Å²) in [6, 6.07) is 35.3. The second-order valence-corrected chi connectivity index (χ2v) is 8.71. The summed E-state index contributed by atoms with van der Waals surface area (Å²) >= 11 is 0. The van der Waals surface area contributed by atoms with Gasteiger partial charge in [0.15, 0.2) is 5.78 Å². The summed E-state index contributed by atoms with van der Waals surface area (Å²) < 4.78 is 0. The Morgan fingerprint density at radius 2 is 1.35 bits per heavy atom. The van der Waals surface area contributed by atoms with Gasteiger partial charge in [0.2, 0.25) is 0 Å². The van der Waals surface area contributed by atoms with Crippen LogP contribution in [0.15, 0.2) is 139 Å². The van der Waals surface area contributed by atoms with Gasteiger partial charge < -0.3 is 5.11 Å². The van der Waals surface area contributed by atoms with Crippen molar-refractivity contribution in [1.82, 2.24) is 0 Å². The molecule has 5 rings (SSSR count). The molecule has 182 valence electrons. The van der Waals surface area contributed by atoms with Gasteiger partial charge in [0.1, 0.15) is 5.92 Å². The van der Waals surface area contributed by atoms with Crippen LogP contribution in [0.3, 0.4) is 0 Å². The molecule has 3 heteroatoms. The second kappa shape index (κ2) is 12.3. The molecule has 0 saturated carbocycles. The number of ketones is 1. The number of hydrogen-bond acceptors (Lipinski definition) is 2. The Kier molecular flexibility index (Phi) is 8.41. The fourth-order valence-corrected chi connectivity index (χ4v) is 4.13. The van der Waals surface area contributed by atoms with E-state index in [2.05, 4.69) is 18.2 Å². The van der Waals surface area contributed by atoms with Crippen molar-refractivity contribution >= 4 is 17.8 Å². The highest BCUT2D eigenvalue weighted by Gasteiger charge is 2.18. The molecule has 0 amide bonds. The quantitative estimate of drug-likeness (QED) is 0.294. The Bertz CT molecular complexity index is 1450. The largest absolute Gasteiger partial charge is 0.481 e. The molecule has 0 fully saturated rings. The number of carboxylic acids is 1. The van der Waals surface area contributed by atoms with E-state index in [1.54, 1.807) is 12.2 Å². The van der Waals surface area contributed by atoms with Gasteiger partial charge in [-0.15, -0.1) is 0 Å². The fourth-order valence-electron chi connectivity index (χ4n) is 4.13. The number of benzene rings is 4. The second-order valence-electron chi connectivity index (χ2n) is 8.71. The average Bonchev–Trinajstić information content (AvgIpc) is 2.95. The van der Waals surface area contributed by atoms with Gasteiger partial charge in [-0.25, -0.2) is 0 Å². The number of carboxylic acid groups (broad SMARTS) is 1. The van der Waals surface area contributed by atoms with Gasteiger partial charge in [-0.1, -0.05) is 140 Å². The molecule has 0 radical (unpaired) electrons. The molecule has 0 spiro atoms. The molecular weight excluding hydrogens is 456 g/mol. The van der Waals surface area contributed by atoms with Crippen LogP contribution in [-0.4, -0.2) is 16.9 Å². The summed E-state index contributed by atoms with van der Waals surface area (Å²) in [6.07, 6.45) is 9.05. The highest BCUT2D eigenvalue weighted by Crippen LogP contribution is 2.24. The third-order valence-corrected chi connectivity index (χ3v) is 6.08. The summed E-state index contributed by atoms with van der Waals surface area (Å²) in [5.74, 6) is -1.28. The van der Waals surface area contributed by atoms with Crippen molar-refractivity contribution in [3.63, 3.8) is 0 Å². The summed E-state index contributed by atoms with van der Waals surface area (Å²) in [4.78, 5) is 23.5. The van der Waals surface area contributed by atoms with E-state index >= 15 is 0 Å². The van der Waals surface area contributed by atoms with Crippen LogP contribution < -0.4 is 0 Å². The summed E-state index contributed by atoms with van der Waals surface area (Å²) in [5, 5.41) is 9.06. The smallest absolute Gasteiger partial charge is 0.314 e. The Morgan fingerprint density at radius 3 is 1.97 bits per heavy atom. The molecule has 1 atom stereocenters. The Morgan fingerprint density at radius 1 is 0.730 bits per heavy atom. The van der Waals surface area contributed by atoms with Crippen LogP contribution in [0.2, 0.25) is 0 Å². The van der Waals surface area contributed by atoms with E-state index in [0.29, 0.717) is 0 Å². The van der Waals surface area contributed by atoms with Crippen LogP contribution in [0, 0.1) is 12.8 Å². The molecular formula is C34H28O3. The predicted molar refractivity (Wildman–Crippen MR) is 150 cm³/mol. The number of aliphatic carboxylic acids is 1. The zero-order valence-electron chi connectivity index (χ0n) is 20.6. The highest BCUT2D eigenvalue weighted by atomic mass is 16.4. The van der Waals surface area contributed by atoms with Crippen LogP contribution in [0.1, 0.15) is 27.0 Å². The van der Waals surface area contributed by atoms with Gasteiger partial charge in [-0.3, -0.25) is 9.59 Å². The minimum atomic E-state index is -0.817. The lowest BCUT2D eigenvalue weighted by molar-refractivity contribution is -0.138. The Labute approximate surface area is 217 Å². The van der Waals surface area contributed by atoms with E-state index in [4.69, 9.17) is 5.11 Å². The normalized spacial score (nSPS) is 15.1. The zero-order valence-corrected chi connectivity index (χ0v) is 20.6. The maximum absolute atomic E-state index is 12.5. The topological polar surface area (TPSA) is 54.4 Å². The molecule has 37 heavy (non-hydrogen) atoms. The molecule has 1 unspecified atom stereocenters. The molecule has 0 bridgehead atoms. The molecule has 1 aliphatic carbocycles. The first-order valence-corrected chi connectivity index (χ1v) is 12.1. The van der Waals surface area contributed by atoms with Gasteiger partial charge in [0.05, 0.1) is 0 Å². The maximum Gasteiger partial charge on any atom is 0.314 e. The third kappa shape index (κ3) is 6.68. The minimum absolute atomic E-state index is 0.0766. The van der Waals surface area contributed by atoms with Crippen LogP contribution >= 0.6 is 0 Å². The Hall–Kier alpha value is -4.76. The van der Waals surface area contributed by atoms with Crippen molar-refractivity contribution in [2.45, 2.75) is 6.92 Å². The third-order valence-electron chi connectivity index (χ3n) is 6.08. The number of allylic oxidation sites excluding steroid dienone is 3. The van der Waals surface area contributed by atoms with Gasteiger partial charge in [-0.05, 0) is 34.8 Å². The molecule has 3 nitrogen and oxygen atoms in total. The number of rotatable bonds is 5. The van der Waals surface area contributed by atoms with Gasteiger partial charge >= 0.3 is 5.97 Å². The van der Waals surface area contributed by atoms with Gasteiger partial charge in [0.25, 0.3) is 0 Å². The lowest BCUT2D eigenvalue weighted by Crippen LogP contribution is -2.13. The van der Waals surface area contributed by atoms with Gasteiger partial charge in [0, 0.05) is 11.1 Å². The standard InChI is InChI=1S/C20H16O.C14H12O2/c1-15-14-18(16-8-4-2-5-9-16)12-13-19(15)20(21)17-10-6-3-7-11-17;15-14(16)13-9-5-4-8-12(13)10-11-6-2-1-3-7-11/h2-14H,1H3;1-10,13H,(H,15,16). The molecule has 0 aromatic heterocycles. The molecule has 4 aromatic rings. The van der Waals surface area contributed by atoms with Crippen molar-refractivity contribution in [3.8, 4) is 11.1 Å². The van der Waals surface area contributed by atoms with E-state index < -0.39 is 11.9 Å². The van der Waals surface area contributed by atoms with E-state index in [-0.39, 0.29) is 5.78 Å². The van der Waals surface area contributed by atoms with Crippen molar-refractivity contribution in [3.05, 3.63) is 161 Å². The maximum atomic E-state index is 12.5. The van der Waals surface area contributed by atoms with Crippen molar-refractivity contribution in [2.75, 3.05) is 0 Å². The monoisotopic (exact) mass is 484 g/mol. The number of hydrogen-bond donors (Lipinski definition) is 1. The van der Waals surface area contributed by atoms with Crippen molar-refractivity contribution in [1.29, 1.82) is 0 Å². The lowest BCUT2D eigenvalue weighted by Gasteiger charge is -2.12. The minimum Gasteiger partial charge on any atom is -0.481 e. The van der Waals surface area contributed by atoms with Crippen molar-refractivity contribution in [2.24, 2.45) is 5.92 Å². The predicted octanol–water partition coefficient (Wildman–Crippen LogP) is 7.79. The van der Waals surface area contributed by atoms with Gasteiger partial charge in [-0.2, -0.15) is 0 Å². The van der Waals surface area contributed by atoms with E-state index in [1.807, 2.05) is 116 Å². The van der Waals surface area contributed by atoms with Crippen LogP contribution in [0.25, 0.3) is 17.2 Å². The van der Waals surface area contributed by atoms with Crippen LogP contribution in [-0.2, 0) is 4.79 Å². The number of carbonyl (C=O) groups excluding carboxylic acids is 1. The first-order chi connectivity index (χ1) is 18.0. The van der Waals surface area contributed by atoms with E-state index in [1.165, 1.54) is 5.56 Å². The van der Waals surface area contributed by atoms with E-state index in [9.17, 15) is 9.59 Å². The van der Waals surface area contributed by atoms with Crippen molar-refractivity contribution < 1.29 is 14.7 Å². The number of carbonyl (C=O) groups is 2. The fraction of sp³-hybridized carbons (Fsp3) is 0.0588. The summed E-state index contributed by atoms with van der Waals surface area (Å²) in [6.45, 7) is 1.99. The molecule has 4 aromatic carbocycles. The average molecular weight is 485 g/mol. The zero-order chi connectivity index (χ0) is 26.0. The molecule has 0 saturated heterocycles. The first kappa shape index (κ1) is 25.3. The highest BCUT2D eigenvalue weighted by molar-refractivity contribution is 6.10. The first-order valence-electron chi connectivity index (χ1n) is 12.1. The number of aryl methyl sites for hydroxylation is 1. The summed E-state index contributed by atoms with van der Waals surface area (Å²) in [5.41, 5.74) is 6.63. The summed E-state index contributed by atoms with van der Waals surface area (Å²) in [7, 11) is 0. The molecule has 1 N–H and O–H groups in total. The molecule has 0 aliphatic heterocycles. The SMILES string of the molecule is Cc1cc(-c2ccccc2)ccc1C(=O)c1ccccc1.O=C(O)C1C=CC=CC1=Cc1ccccc1. The lowest BCUT2D eigenvalue weighted by atomic mass is 9.93. The van der Waals surface area contributed by atoms with Crippen LogP contribution in [0.4, 0.5) is 0 Å².